The van der Waals surface area contributed by atoms with E-state index in [0.29, 0.717) is 10.7 Å². The first-order chi connectivity index (χ1) is 15.7. The topological polar surface area (TPSA) is 98.5 Å². The number of ether oxygens (including phenoxy) is 1. The summed E-state index contributed by atoms with van der Waals surface area (Å²) in [6.07, 6.45) is 1.49. The molecule has 2 atom stereocenters. The van der Waals surface area contributed by atoms with Crippen molar-refractivity contribution in [1.82, 2.24) is 0 Å². The second-order valence-electron chi connectivity index (χ2n) is 8.30. The molecule has 3 aromatic carbocycles. The van der Waals surface area contributed by atoms with Crippen molar-refractivity contribution in [3.63, 3.8) is 0 Å². The van der Waals surface area contributed by atoms with Crippen molar-refractivity contribution in [3.05, 3.63) is 94.0 Å². The van der Waals surface area contributed by atoms with Gasteiger partial charge in [0.2, 0.25) is 0 Å². The summed E-state index contributed by atoms with van der Waals surface area (Å²) in [4.78, 5) is 12.5. The van der Waals surface area contributed by atoms with E-state index in [1.165, 1.54) is 6.26 Å². The van der Waals surface area contributed by atoms with Gasteiger partial charge >= 0.3 is 6.09 Å². The first kappa shape index (κ1) is 23.3. The van der Waals surface area contributed by atoms with Gasteiger partial charge in [0, 0.05) is 23.5 Å². The summed E-state index contributed by atoms with van der Waals surface area (Å²) in [6, 6.07) is 20.2. The van der Waals surface area contributed by atoms with Crippen LogP contribution < -0.4 is 11.1 Å². The number of benzene rings is 3. The van der Waals surface area contributed by atoms with Crippen LogP contribution in [-0.2, 0) is 27.7 Å². The SMILES string of the molecule is CS(=O)(=O)c1cc(CN)cc([C@@H]2C[C@H]2c2cc(Cl)cc(NC(=O)OCc3ccccc3)c2)c1. The number of hydrogen-bond acceptors (Lipinski definition) is 5. The van der Waals surface area contributed by atoms with E-state index in [9.17, 15) is 13.2 Å². The highest BCUT2D eigenvalue weighted by Crippen LogP contribution is 2.55. The minimum Gasteiger partial charge on any atom is -0.444 e. The van der Waals surface area contributed by atoms with Gasteiger partial charge in [-0.1, -0.05) is 48.0 Å². The Morgan fingerprint density at radius 2 is 1.73 bits per heavy atom. The number of nitrogens with two attached hydrogens (primary N) is 1. The smallest absolute Gasteiger partial charge is 0.411 e. The van der Waals surface area contributed by atoms with E-state index in [-0.39, 0.29) is 29.9 Å². The van der Waals surface area contributed by atoms with Crippen LogP contribution in [0.5, 0.6) is 0 Å². The Bertz CT molecular complexity index is 1280. The molecule has 172 valence electrons. The van der Waals surface area contributed by atoms with E-state index >= 15 is 0 Å². The van der Waals surface area contributed by atoms with E-state index in [1.807, 2.05) is 48.5 Å². The molecule has 33 heavy (non-hydrogen) atoms. The molecule has 0 bridgehead atoms. The average molecular weight is 485 g/mol. The number of anilines is 1. The number of carbonyl (C=O) groups excluding carboxylic acids is 1. The summed E-state index contributed by atoms with van der Waals surface area (Å²) in [5.41, 5.74) is 9.93. The molecular weight excluding hydrogens is 460 g/mol. The maximum atomic E-state index is 12.2. The van der Waals surface area contributed by atoms with E-state index in [2.05, 4.69) is 5.32 Å². The molecule has 1 fully saturated rings. The van der Waals surface area contributed by atoms with Crippen molar-refractivity contribution in [2.75, 3.05) is 11.6 Å². The highest BCUT2D eigenvalue weighted by atomic mass is 35.5. The standard InChI is InChI=1S/C25H25ClN2O4S/c1-33(30,31)22-8-17(14-27)7-18(11-22)23-13-24(23)19-9-20(26)12-21(10-19)28-25(29)32-15-16-5-3-2-4-6-16/h2-12,23-24H,13-15,27H2,1H3,(H,28,29)/t23-,24-/m0/s1. The first-order valence-electron chi connectivity index (χ1n) is 10.5. The molecule has 0 aromatic heterocycles. The van der Waals surface area contributed by atoms with Crippen molar-refractivity contribution in [3.8, 4) is 0 Å². The molecule has 0 spiro atoms. The van der Waals surface area contributed by atoms with Gasteiger partial charge in [-0.25, -0.2) is 13.2 Å². The molecule has 1 aliphatic carbocycles. The lowest BCUT2D eigenvalue weighted by Crippen LogP contribution is -2.13. The molecule has 1 saturated carbocycles. The van der Waals surface area contributed by atoms with E-state index in [4.69, 9.17) is 22.1 Å². The molecule has 6 nitrogen and oxygen atoms in total. The van der Waals surface area contributed by atoms with Crippen molar-refractivity contribution >= 4 is 33.2 Å². The van der Waals surface area contributed by atoms with Crippen LogP contribution in [-0.4, -0.2) is 20.8 Å². The second-order valence-corrected chi connectivity index (χ2v) is 10.7. The van der Waals surface area contributed by atoms with Crippen LogP contribution in [0.15, 0.2) is 71.6 Å². The van der Waals surface area contributed by atoms with Crippen LogP contribution >= 0.6 is 11.6 Å². The lowest BCUT2D eigenvalue weighted by atomic mass is 10.0. The zero-order valence-electron chi connectivity index (χ0n) is 18.1. The highest BCUT2D eigenvalue weighted by molar-refractivity contribution is 7.90. The molecule has 3 N–H and O–H groups in total. The summed E-state index contributed by atoms with van der Waals surface area (Å²) in [5.74, 6) is 0.332. The Kier molecular flexibility index (Phi) is 6.74. The summed E-state index contributed by atoms with van der Waals surface area (Å²) in [6.45, 7) is 0.440. The highest BCUT2D eigenvalue weighted by Gasteiger charge is 2.40. The van der Waals surface area contributed by atoms with Gasteiger partial charge in [-0.2, -0.15) is 0 Å². The summed E-state index contributed by atoms with van der Waals surface area (Å²) >= 11 is 6.32. The predicted molar refractivity (Wildman–Crippen MR) is 129 cm³/mol. The molecule has 8 heteroatoms. The third-order valence-corrected chi connectivity index (χ3v) is 6.99. The van der Waals surface area contributed by atoms with E-state index < -0.39 is 15.9 Å². The minimum atomic E-state index is -3.34. The van der Waals surface area contributed by atoms with Crippen molar-refractivity contribution in [2.24, 2.45) is 5.73 Å². The van der Waals surface area contributed by atoms with Gasteiger partial charge in [-0.3, -0.25) is 5.32 Å². The van der Waals surface area contributed by atoms with Gasteiger partial charge in [0.1, 0.15) is 6.61 Å². The summed E-state index contributed by atoms with van der Waals surface area (Å²) in [7, 11) is -3.34. The Hall–Kier alpha value is -2.87. The monoisotopic (exact) mass is 484 g/mol. The Balaban J connectivity index is 1.47. The van der Waals surface area contributed by atoms with Gasteiger partial charge in [-0.05, 0) is 70.8 Å². The number of halogens is 1. The number of rotatable bonds is 7. The lowest BCUT2D eigenvalue weighted by molar-refractivity contribution is 0.155. The van der Waals surface area contributed by atoms with Gasteiger partial charge in [0.25, 0.3) is 0 Å². The van der Waals surface area contributed by atoms with Gasteiger partial charge in [0.15, 0.2) is 9.84 Å². The lowest BCUT2D eigenvalue weighted by Gasteiger charge is -2.11. The predicted octanol–water partition coefficient (Wildman–Crippen LogP) is 5.22. The maximum Gasteiger partial charge on any atom is 0.411 e. The van der Waals surface area contributed by atoms with Crippen molar-refractivity contribution < 1.29 is 17.9 Å². The first-order valence-corrected chi connectivity index (χ1v) is 12.8. The summed E-state index contributed by atoms with van der Waals surface area (Å²) < 4.78 is 29.4. The third kappa shape index (κ3) is 5.93. The van der Waals surface area contributed by atoms with Gasteiger partial charge in [0.05, 0.1) is 4.90 Å². The minimum absolute atomic E-state index is 0.161. The normalized spacial score (nSPS) is 17.4. The number of carbonyl (C=O) groups is 1. The quantitative estimate of drug-likeness (QED) is 0.479. The molecule has 0 unspecified atom stereocenters. The van der Waals surface area contributed by atoms with Crippen LogP contribution in [0.4, 0.5) is 10.5 Å². The molecule has 0 heterocycles. The van der Waals surface area contributed by atoms with E-state index in [0.717, 1.165) is 28.7 Å². The van der Waals surface area contributed by atoms with Crippen LogP contribution in [0.1, 0.15) is 40.5 Å². The third-order valence-electron chi connectivity index (χ3n) is 5.68. The average Bonchev–Trinajstić information content (AvgIpc) is 3.58. The summed E-state index contributed by atoms with van der Waals surface area (Å²) in [5, 5.41) is 3.24. The number of nitrogens with one attached hydrogen (secondary N) is 1. The van der Waals surface area contributed by atoms with Gasteiger partial charge < -0.3 is 10.5 Å². The molecule has 0 saturated heterocycles. The van der Waals surface area contributed by atoms with Crippen LogP contribution in [0.25, 0.3) is 0 Å². The Morgan fingerprint density at radius 3 is 2.39 bits per heavy atom. The van der Waals surface area contributed by atoms with Crippen LogP contribution in [0.3, 0.4) is 0 Å². The number of amides is 1. The molecule has 0 aliphatic heterocycles. The van der Waals surface area contributed by atoms with Gasteiger partial charge in [-0.15, -0.1) is 0 Å². The molecule has 4 rings (SSSR count). The van der Waals surface area contributed by atoms with Crippen molar-refractivity contribution in [2.45, 2.75) is 36.3 Å². The Labute approximate surface area is 198 Å². The fraction of sp³-hybridized carbons (Fsp3) is 0.240. The van der Waals surface area contributed by atoms with Crippen LogP contribution in [0.2, 0.25) is 5.02 Å². The zero-order valence-corrected chi connectivity index (χ0v) is 19.7. The molecule has 1 aliphatic rings. The van der Waals surface area contributed by atoms with Crippen molar-refractivity contribution in [1.29, 1.82) is 0 Å². The van der Waals surface area contributed by atoms with Crippen LogP contribution in [0, 0.1) is 0 Å². The number of sulfone groups is 1. The van der Waals surface area contributed by atoms with E-state index in [1.54, 1.807) is 18.2 Å². The molecule has 0 radical (unpaired) electrons. The zero-order chi connectivity index (χ0) is 23.6. The fourth-order valence-electron chi connectivity index (χ4n) is 3.94. The molecule has 1 amide bonds. The maximum absolute atomic E-state index is 12.2. The Morgan fingerprint density at radius 1 is 1.03 bits per heavy atom. The number of hydrogen-bond donors (Lipinski definition) is 2. The molecule has 3 aromatic rings. The molecular formula is C25H25ClN2O4S. The second kappa shape index (κ2) is 9.55. The fourth-order valence-corrected chi connectivity index (χ4v) is 4.90. The largest absolute Gasteiger partial charge is 0.444 e.